The van der Waals surface area contributed by atoms with Crippen molar-refractivity contribution in [2.45, 2.75) is 18.1 Å². The molecule has 11 heteroatoms. The van der Waals surface area contributed by atoms with Crippen molar-refractivity contribution in [1.29, 1.82) is 0 Å². The number of aromatic nitrogens is 5. The number of rotatable bonds is 7. The van der Waals surface area contributed by atoms with Crippen molar-refractivity contribution in [2.24, 2.45) is 7.05 Å². The molecule has 0 unspecified atom stereocenters. The van der Waals surface area contributed by atoms with E-state index in [9.17, 15) is 13.2 Å². The number of nitrogens with zero attached hydrogens (tertiary/aromatic N) is 6. The van der Waals surface area contributed by atoms with Crippen molar-refractivity contribution in [1.82, 2.24) is 29.0 Å². The van der Waals surface area contributed by atoms with Gasteiger partial charge < -0.3 is 9.64 Å². The average Bonchev–Trinajstić information content (AvgIpc) is 3.41. The van der Waals surface area contributed by atoms with E-state index in [0.717, 1.165) is 17.4 Å². The maximum Gasteiger partial charge on any atom is 0.409 e. The first-order valence-electron chi connectivity index (χ1n) is 10.2. The molecule has 4 aromatic rings. The SMILES string of the molecule is CN(CCc1cn2c(-c3cnn(C)c3)cnc2c(S(C)(=O)=O)n1)C(=O)OCc1ccccc1. The number of carbonyl (C=O) groups is 1. The number of hydrogen-bond donors (Lipinski definition) is 0. The Kier molecular flexibility index (Phi) is 6.14. The van der Waals surface area contributed by atoms with Gasteiger partial charge in [-0.15, -0.1) is 0 Å². The Morgan fingerprint density at radius 1 is 1.15 bits per heavy atom. The summed E-state index contributed by atoms with van der Waals surface area (Å²) in [6.45, 7) is 0.474. The summed E-state index contributed by atoms with van der Waals surface area (Å²) in [5.74, 6) is 0. The molecule has 0 saturated carbocycles. The number of benzene rings is 1. The van der Waals surface area contributed by atoms with Crippen molar-refractivity contribution in [2.75, 3.05) is 19.8 Å². The lowest BCUT2D eigenvalue weighted by atomic mass is 10.2. The standard InChI is InChI=1S/C22H24N6O4S/c1-26(22(29)32-15-16-7-5-4-6-8-16)10-9-18-14-28-19(17-11-24-27(2)13-17)12-23-20(28)21(25-18)33(3,30)31/h4-8,11-14H,9-10,15H2,1-3H3. The highest BCUT2D eigenvalue weighted by molar-refractivity contribution is 7.90. The number of likely N-dealkylation sites (N-methyl/N-ethyl adjacent to an activating group) is 1. The zero-order valence-electron chi connectivity index (χ0n) is 18.5. The van der Waals surface area contributed by atoms with Crippen LogP contribution >= 0.6 is 0 Å². The number of ether oxygens (including phenoxy) is 1. The van der Waals surface area contributed by atoms with Gasteiger partial charge in [0.25, 0.3) is 0 Å². The molecule has 0 aliphatic rings. The van der Waals surface area contributed by atoms with Gasteiger partial charge in [-0.3, -0.25) is 9.08 Å². The summed E-state index contributed by atoms with van der Waals surface area (Å²) in [4.78, 5) is 22.4. The fourth-order valence-electron chi connectivity index (χ4n) is 3.35. The highest BCUT2D eigenvalue weighted by Crippen LogP contribution is 2.24. The Balaban J connectivity index is 1.55. The second kappa shape index (κ2) is 9.02. The lowest BCUT2D eigenvalue weighted by Gasteiger charge is -2.17. The molecule has 0 N–H and O–H groups in total. The third-order valence-electron chi connectivity index (χ3n) is 5.08. The van der Waals surface area contributed by atoms with Gasteiger partial charge in [-0.05, 0) is 5.56 Å². The van der Waals surface area contributed by atoms with Gasteiger partial charge in [-0.1, -0.05) is 30.3 Å². The number of hydrogen-bond acceptors (Lipinski definition) is 7. The van der Waals surface area contributed by atoms with E-state index in [-0.39, 0.29) is 17.3 Å². The number of imidazole rings is 1. The van der Waals surface area contributed by atoms with Crippen LogP contribution in [0.15, 0.2) is 60.1 Å². The molecule has 4 rings (SSSR count). The Morgan fingerprint density at radius 3 is 2.58 bits per heavy atom. The van der Waals surface area contributed by atoms with Crippen molar-refractivity contribution in [3.63, 3.8) is 0 Å². The predicted molar refractivity (Wildman–Crippen MR) is 121 cm³/mol. The molecule has 10 nitrogen and oxygen atoms in total. The van der Waals surface area contributed by atoms with Gasteiger partial charge in [0.15, 0.2) is 20.5 Å². The lowest BCUT2D eigenvalue weighted by molar-refractivity contribution is 0.105. The summed E-state index contributed by atoms with van der Waals surface area (Å²) < 4.78 is 33.5. The van der Waals surface area contributed by atoms with Gasteiger partial charge in [0.05, 0.1) is 23.8 Å². The lowest BCUT2D eigenvalue weighted by Crippen LogP contribution is -2.29. The smallest absolute Gasteiger partial charge is 0.409 e. The molecular formula is C22H24N6O4S. The van der Waals surface area contributed by atoms with E-state index >= 15 is 0 Å². The fraction of sp³-hybridized carbons (Fsp3) is 0.273. The van der Waals surface area contributed by atoms with E-state index in [0.29, 0.717) is 24.4 Å². The third kappa shape index (κ3) is 5.03. The maximum absolute atomic E-state index is 12.4. The quantitative estimate of drug-likeness (QED) is 0.409. The zero-order valence-corrected chi connectivity index (χ0v) is 19.4. The third-order valence-corrected chi connectivity index (χ3v) is 6.06. The van der Waals surface area contributed by atoms with Crippen LogP contribution in [-0.4, -0.2) is 63.4 Å². The van der Waals surface area contributed by atoms with E-state index < -0.39 is 15.9 Å². The number of carbonyl (C=O) groups excluding carboxylic acids is 1. The molecule has 3 aromatic heterocycles. The maximum atomic E-state index is 12.4. The van der Waals surface area contributed by atoms with Crippen molar-refractivity contribution in [3.05, 3.63) is 66.4 Å². The number of amides is 1. The van der Waals surface area contributed by atoms with Crippen LogP contribution in [-0.2, 0) is 34.6 Å². The fourth-order valence-corrected chi connectivity index (χ4v) is 4.11. The van der Waals surface area contributed by atoms with Crippen LogP contribution in [0, 0.1) is 0 Å². The minimum absolute atomic E-state index is 0.107. The highest BCUT2D eigenvalue weighted by Gasteiger charge is 2.21. The second-order valence-corrected chi connectivity index (χ2v) is 9.69. The summed E-state index contributed by atoms with van der Waals surface area (Å²) in [6.07, 6.45) is 7.80. The highest BCUT2D eigenvalue weighted by atomic mass is 32.2. The Bertz CT molecular complexity index is 1400. The van der Waals surface area contributed by atoms with Gasteiger partial charge in [0, 0.05) is 51.3 Å². The number of fused-ring (bicyclic) bond motifs is 1. The largest absolute Gasteiger partial charge is 0.445 e. The summed E-state index contributed by atoms with van der Waals surface area (Å²) in [7, 11) is -0.204. The van der Waals surface area contributed by atoms with Crippen LogP contribution in [0.4, 0.5) is 4.79 Å². The molecule has 0 bridgehead atoms. The van der Waals surface area contributed by atoms with Crippen LogP contribution < -0.4 is 0 Å². The van der Waals surface area contributed by atoms with Crippen LogP contribution in [0.1, 0.15) is 11.3 Å². The topological polar surface area (TPSA) is 112 Å². The van der Waals surface area contributed by atoms with E-state index in [1.165, 1.54) is 4.90 Å². The van der Waals surface area contributed by atoms with Gasteiger partial charge in [0.1, 0.15) is 6.61 Å². The molecule has 33 heavy (non-hydrogen) atoms. The minimum atomic E-state index is -3.63. The first-order chi connectivity index (χ1) is 15.7. The normalized spacial score (nSPS) is 11.6. The Hall–Kier alpha value is -3.73. The second-order valence-electron chi connectivity index (χ2n) is 7.76. The monoisotopic (exact) mass is 468 g/mol. The summed E-state index contributed by atoms with van der Waals surface area (Å²) in [5, 5.41) is 4.07. The summed E-state index contributed by atoms with van der Waals surface area (Å²) in [5.41, 5.74) is 3.14. The van der Waals surface area contributed by atoms with Gasteiger partial charge in [-0.2, -0.15) is 5.10 Å². The van der Waals surface area contributed by atoms with Crippen LogP contribution in [0.3, 0.4) is 0 Å². The number of sulfone groups is 1. The molecule has 1 aromatic carbocycles. The molecule has 0 spiro atoms. The molecule has 0 aliphatic heterocycles. The molecule has 0 radical (unpaired) electrons. The van der Waals surface area contributed by atoms with Crippen LogP contribution in [0.25, 0.3) is 16.9 Å². The minimum Gasteiger partial charge on any atom is -0.445 e. The number of aryl methyl sites for hydroxylation is 1. The Labute approximate surface area is 191 Å². The predicted octanol–water partition coefficient (Wildman–Crippen LogP) is 2.34. The van der Waals surface area contributed by atoms with E-state index in [1.807, 2.05) is 36.5 Å². The van der Waals surface area contributed by atoms with Crippen molar-refractivity contribution in [3.8, 4) is 11.3 Å². The van der Waals surface area contributed by atoms with E-state index in [4.69, 9.17) is 4.74 Å². The molecular weight excluding hydrogens is 444 g/mol. The molecule has 0 saturated heterocycles. The first-order valence-corrected chi connectivity index (χ1v) is 12.1. The molecule has 3 heterocycles. The molecule has 172 valence electrons. The Morgan fingerprint density at radius 2 is 1.91 bits per heavy atom. The van der Waals surface area contributed by atoms with Gasteiger partial charge in [0.2, 0.25) is 0 Å². The average molecular weight is 469 g/mol. The van der Waals surface area contributed by atoms with Crippen LogP contribution in [0.2, 0.25) is 0 Å². The molecule has 0 fully saturated rings. The van der Waals surface area contributed by atoms with Crippen molar-refractivity contribution < 1.29 is 17.9 Å². The van der Waals surface area contributed by atoms with Crippen LogP contribution in [0.5, 0.6) is 0 Å². The van der Waals surface area contributed by atoms with Crippen molar-refractivity contribution >= 4 is 21.6 Å². The van der Waals surface area contributed by atoms with E-state index in [1.54, 1.807) is 41.8 Å². The van der Waals surface area contributed by atoms with E-state index in [2.05, 4.69) is 15.1 Å². The molecule has 1 amide bonds. The zero-order chi connectivity index (χ0) is 23.6. The summed E-state index contributed by atoms with van der Waals surface area (Å²) >= 11 is 0. The molecule has 0 atom stereocenters. The van der Waals surface area contributed by atoms with Gasteiger partial charge in [-0.25, -0.2) is 23.2 Å². The molecule has 0 aliphatic carbocycles. The van der Waals surface area contributed by atoms with Gasteiger partial charge >= 0.3 is 6.09 Å². The first kappa shape index (κ1) is 22.5. The summed E-state index contributed by atoms with van der Waals surface area (Å²) in [6, 6.07) is 9.41.